The highest BCUT2D eigenvalue weighted by Gasteiger charge is 2.24. The number of anilines is 3. The van der Waals surface area contributed by atoms with Gasteiger partial charge in [0.1, 0.15) is 11.6 Å². The van der Waals surface area contributed by atoms with Gasteiger partial charge in [0.25, 0.3) is 0 Å². The number of fused-ring (bicyclic) bond motifs is 11. The third-order valence-corrected chi connectivity index (χ3v) is 20.8. The van der Waals surface area contributed by atoms with Gasteiger partial charge in [-0.25, -0.2) is 14.8 Å². The summed E-state index contributed by atoms with van der Waals surface area (Å²) >= 11 is 0. The first kappa shape index (κ1) is 68.4. The van der Waals surface area contributed by atoms with Crippen LogP contribution in [0, 0.1) is 64.7 Å². The largest absolute Gasteiger partial charge is 0.477 e. The number of nitrogens with one attached hydrogen (secondary N) is 2. The molecule has 9 heteroatoms. The van der Waals surface area contributed by atoms with Crippen molar-refractivity contribution >= 4 is 109 Å². The second-order valence-corrected chi connectivity index (χ2v) is 29.0. The Hall–Kier alpha value is -12.4. The Kier molecular flexibility index (Phi) is 19.0. The van der Waals surface area contributed by atoms with E-state index in [1.54, 1.807) is 0 Å². The number of benzene rings is 9. The number of para-hydroxylation sites is 2. The molecule has 2 aliphatic heterocycles. The summed E-state index contributed by atoms with van der Waals surface area (Å²) in [6.45, 7) is 21.0. The lowest BCUT2D eigenvalue weighted by Gasteiger charge is -2.25. The second-order valence-electron chi connectivity index (χ2n) is 29.0. The van der Waals surface area contributed by atoms with Crippen molar-refractivity contribution in [3.05, 3.63) is 297 Å². The van der Waals surface area contributed by atoms with Crippen molar-refractivity contribution in [2.45, 2.75) is 94.5 Å². The number of carbonyl (C=O) groups is 1. The zero-order valence-corrected chi connectivity index (χ0v) is 61.1. The molecule has 4 aromatic heterocycles. The average Bonchev–Trinajstić information content (AvgIpc) is 1.56. The highest BCUT2D eigenvalue weighted by Crippen LogP contribution is 2.44. The third-order valence-electron chi connectivity index (χ3n) is 20.8. The van der Waals surface area contributed by atoms with Gasteiger partial charge in [0.15, 0.2) is 0 Å². The molecule has 1 atom stereocenters. The number of aromatic nitrogens is 5. The first-order valence-electron chi connectivity index (χ1n) is 36.6. The molecule has 6 heterocycles. The molecule has 8 bridgehead atoms. The van der Waals surface area contributed by atoms with Crippen molar-refractivity contribution in [3.8, 4) is 61.7 Å². The zero-order chi connectivity index (χ0) is 72.6. The van der Waals surface area contributed by atoms with Crippen molar-refractivity contribution in [2.75, 3.05) is 4.90 Å². The quantitative estimate of drug-likeness (QED) is 0.0421. The molecule has 0 spiro atoms. The van der Waals surface area contributed by atoms with Crippen molar-refractivity contribution in [3.63, 3.8) is 0 Å². The zero-order valence-electron chi connectivity index (χ0n) is 61.1. The molecule has 0 saturated carbocycles. The highest BCUT2D eigenvalue weighted by molar-refractivity contribution is 6.10. The van der Waals surface area contributed by atoms with E-state index < -0.39 is 5.97 Å². The van der Waals surface area contributed by atoms with Gasteiger partial charge in [-0.1, -0.05) is 197 Å². The normalized spacial score (nSPS) is 12.5. The number of hydrogen-bond donors (Lipinski definition) is 3. The topological polar surface area (TPSA) is 127 Å². The number of rotatable bonds is 19. The van der Waals surface area contributed by atoms with Crippen molar-refractivity contribution in [1.82, 2.24) is 24.5 Å². The number of aromatic amines is 2. The second kappa shape index (κ2) is 29.2. The van der Waals surface area contributed by atoms with Crippen LogP contribution in [0.15, 0.2) is 224 Å². The van der Waals surface area contributed by atoms with E-state index in [1.165, 1.54) is 69.4 Å². The Morgan fingerprint density at radius 1 is 0.457 bits per heavy atom. The molecule has 9 aromatic carbocycles. The highest BCUT2D eigenvalue weighted by atomic mass is 16.4. The maximum absolute atomic E-state index is 11.9. The van der Waals surface area contributed by atoms with E-state index in [4.69, 9.17) is 9.97 Å². The van der Waals surface area contributed by atoms with Gasteiger partial charge in [0.05, 0.1) is 22.8 Å². The lowest BCUT2D eigenvalue weighted by atomic mass is 9.92. The Morgan fingerprint density at radius 2 is 0.876 bits per heavy atom. The van der Waals surface area contributed by atoms with Crippen LogP contribution in [-0.2, 0) is 11.3 Å². The predicted molar refractivity (Wildman–Crippen MR) is 441 cm³/mol. The molecule has 516 valence electrons. The first-order chi connectivity index (χ1) is 51.0. The molecule has 0 radical (unpaired) electrons. The summed E-state index contributed by atoms with van der Waals surface area (Å²) in [5.74, 6) is 0.0693. The van der Waals surface area contributed by atoms with Gasteiger partial charge >= 0.3 is 5.97 Å². The minimum Gasteiger partial charge on any atom is -0.477 e. The maximum Gasteiger partial charge on any atom is 0.346 e. The van der Waals surface area contributed by atoms with Crippen molar-refractivity contribution < 1.29 is 9.90 Å². The Labute approximate surface area is 615 Å². The predicted octanol–water partition coefficient (Wildman–Crippen LogP) is 25.4. The Morgan fingerprint density at radius 3 is 1.36 bits per heavy atom. The number of carboxylic acid groups (broad SMARTS) is 1. The summed E-state index contributed by atoms with van der Waals surface area (Å²) in [6, 6.07) is 80.2. The van der Waals surface area contributed by atoms with Crippen LogP contribution in [0.4, 0.5) is 17.1 Å². The van der Waals surface area contributed by atoms with E-state index in [0.717, 1.165) is 159 Å². The minimum absolute atomic E-state index is 0.340. The molecule has 15 rings (SSSR count). The van der Waals surface area contributed by atoms with Gasteiger partial charge in [-0.15, -0.1) is 0 Å². The number of aliphatic carboxylic acids is 1. The SMILES string of the molecule is Cc1cc(C)c(-c2c3nc(c(-c4ccc(/C=C(\C#N)C(=O)O)cc4)c4ccc([nH]4)c(-c4c(C)cc(C)cc4C)c4nc(c(-c5ccc(/C=C/c6ccc7c(c6)c6cc(-c8ccc(N(c9ccccc9)c9ccccc9)cc8)ccc6n7CCC(C)CCCC(C)C)cc5)c5ccc2[nH]5)C=C4)C=C3)c(C)c1. The Balaban J connectivity index is 0.847. The number of hydrogen-bond acceptors (Lipinski definition) is 5. The molecule has 0 amide bonds. The molecule has 0 saturated heterocycles. The molecule has 2 aliphatic rings. The Bertz CT molecular complexity index is 5750. The smallest absolute Gasteiger partial charge is 0.346 e. The van der Waals surface area contributed by atoms with Crippen LogP contribution in [0.3, 0.4) is 0 Å². The molecule has 0 fully saturated rings. The van der Waals surface area contributed by atoms with Crippen LogP contribution in [0.2, 0.25) is 0 Å². The van der Waals surface area contributed by atoms with Crippen molar-refractivity contribution in [1.29, 1.82) is 5.26 Å². The van der Waals surface area contributed by atoms with Crippen LogP contribution in [0.1, 0.15) is 119 Å². The van der Waals surface area contributed by atoms with Crippen LogP contribution < -0.4 is 4.90 Å². The van der Waals surface area contributed by atoms with Gasteiger partial charge in [-0.3, -0.25) is 0 Å². The average molecular weight is 1370 g/mol. The monoisotopic (exact) mass is 1370 g/mol. The molecule has 13 aromatic rings. The van der Waals surface area contributed by atoms with E-state index in [-0.39, 0.29) is 5.57 Å². The molecule has 9 nitrogen and oxygen atoms in total. The summed E-state index contributed by atoms with van der Waals surface area (Å²) in [7, 11) is 0. The first-order valence-corrected chi connectivity index (χ1v) is 36.6. The van der Waals surface area contributed by atoms with E-state index in [0.29, 0.717) is 11.5 Å². The molecule has 0 aliphatic carbocycles. The minimum atomic E-state index is -1.27. The number of aryl methyl sites for hydroxylation is 7. The molecule has 105 heavy (non-hydrogen) atoms. The molecule has 3 N–H and O–H groups in total. The summed E-state index contributed by atoms with van der Waals surface area (Å²) in [4.78, 5) is 33.4. The van der Waals surface area contributed by atoms with Crippen LogP contribution in [-0.4, -0.2) is 35.6 Å². The number of carboxylic acids is 1. The molecular formula is C96H85N7O2. The molecule has 1 unspecified atom stereocenters. The van der Waals surface area contributed by atoms with E-state index >= 15 is 0 Å². The fourth-order valence-electron chi connectivity index (χ4n) is 15.9. The summed E-state index contributed by atoms with van der Waals surface area (Å²) < 4.78 is 2.57. The van der Waals surface area contributed by atoms with E-state index in [2.05, 4.69) is 312 Å². The van der Waals surface area contributed by atoms with Gasteiger partial charge < -0.3 is 24.5 Å². The third kappa shape index (κ3) is 14.0. The lowest BCUT2D eigenvalue weighted by molar-refractivity contribution is -0.132. The number of H-pyrrole nitrogens is 2. The van der Waals surface area contributed by atoms with Gasteiger partial charge in [-0.2, -0.15) is 5.26 Å². The summed E-state index contributed by atoms with van der Waals surface area (Å²) in [5, 5.41) is 21.9. The van der Waals surface area contributed by atoms with E-state index in [1.807, 2.05) is 30.3 Å². The lowest BCUT2D eigenvalue weighted by Crippen LogP contribution is -2.09. The number of nitriles is 1. The van der Waals surface area contributed by atoms with Gasteiger partial charge in [0.2, 0.25) is 0 Å². The molecular weight excluding hydrogens is 1280 g/mol. The van der Waals surface area contributed by atoms with Crippen LogP contribution in [0.25, 0.3) is 142 Å². The summed E-state index contributed by atoms with van der Waals surface area (Å²) in [5.41, 5.74) is 32.2. The van der Waals surface area contributed by atoms with E-state index in [9.17, 15) is 15.2 Å². The van der Waals surface area contributed by atoms with Crippen molar-refractivity contribution in [2.24, 2.45) is 11.8 Å². The number of nitrogens with zero attached hydrogens (tertiary/aromatic N) is 5. The van der Waals surface area contributed by atoms with Crippen LogP contribution >= 0.6 is 0 Å². The standard InChI is InChI=1S/C96H85N7O2/c1-59(2)17-16-18-60(3)49-50-102-88-47-29-69(56-78(88)79-57-73(36-48-89(79)102)70-34-37-77(38-35-70)103(75-19-12-10-13-20-75)76-21-14-11-15-22-76)24-23-67-25-30-71(31-26-67)92-80-39-43-84(98-80)94(90-63(6)51-61(4)52-64(90)7)86-45-41-82(100-86)93(72-32-27-68(28-33-72)55-74(58-97)96(104)105)83-42-46-87(101-83)95(85-44-40-81(92)99-85)91-65(8)53-62(5)54-66(91)9/h10-15,19-48,51-57,59-60,98,101H,16-18,49-50H2,1-9H3,(H,104,105)/b24-23+,74-55+,92-80?,92-81?,93-82?,93-83?,94-84?,94-86?,95-85?,95-87?. The fraction of sp³-hybridized carbons (Fsp3) is 0.167. The van der Waals surface area contributed by atoms with Gasteiger partial charge in [-0.05, 0) is 247 Å². The fourth-order valence-corrected chi connectivity index (χ4v) is 15.9. The maximum atomic E-state index is 11.9. The van der Waals surface area contributed by atoms with Gasteiger partial charge in [0, 0.05) is 89.7 Å². The summed E-state index contributed by atoms with van der Waals surface area (Å²) in [6.07, 6.45) is 19.3. The van der Waals surface area contributed by atoms with Crippen LogP contribution in [0.5, 0.6) is 0 Å².